The quantitative estimate of drug-likeness (QED) is 0.564. The van der Waals surface area contributed by atoms with Crippen molar-refractivity contribution in [2.24, 2.45) is 0 Å². The number of hydrogen-bond donors (Lipinski definition) is 0. The van der Waals surface area contributed by atoms with Crippen LogP contribution in [0.15, 0.2) is 24.3 Å². The molecule has 1 nitrogen and oxygen atoms in total. The van der Waals surface area contributed by atoms with E-state index in [0.717, 1.165) is 6.54 Å². The molecule has 0 spiro atoms. The van der Waals surface area contributed by atoms with E-state index in [1.807, 2.05) is 0 Å². The largest absolute Gasteiger partial charge is 0.302 e. The molecular weight excluding hydrogens is 146 g/mol. The maximum atomic E-state index is 2.38. The van der Waals surface area contributed by atoms with Gasteiger partial charge in [0.15, 0.2) is 0 Å². The summed E-state index contributed by atoms with van der Waals surface area (Å²) in [6.07, 6.45) is 0. The molecule has 0 amide bonds. The van der Waals surface area contributed by atoms with Crippen LogP contribution in [0.5, 0.6) is 0 Å². The highest BCUT2D eigenvalue weighted by Gasteiger charge is 2.18. The Balaban J connectivity index is 2.40. The minimum Gasteiger partial charge on any atom is -0.302 e. The molecule has 0 saturated heterocycles. The Bertz CT molecular complexity index is 280. The molecule has 0 N–H and O–H groups in total. The molecule has 0 fully saturated rings. The molecule has 1 atom stereocenters. The summed E-state index contributed by atoms with van der Waals surface area (Å²) < 4.78 is 0. The van der Waals surface area contributed by atoms with Crippen molar-refractivity contribution in [3.63, 3.8) is 0 Å². The molecule has 0 unspecified atom stereocenters. The van der Waals surface area contributed by atoms with E-state index in [2.05, 4.69) is 43.1 Å². The molecule has 1 aromatic carbocycles. The van der Waals surface area contributed by atoms with Gasteiger partial charge in [-0.05, 0) is 24.1 Å². The number of hydrogen-bond acceptors (Lipinski definition) is 1. The number of rotatable bonds is 0. The number of fused-ring (bicyclic) bond motifs is 1. The lowest BCUT2D eigenvalue weighted by atomic mass is 9.92. The van der Waals surface area contributed by atoms with E-state index in [0.29, 0.717) is 5.92 Å². The molecule has 1 aliphatic rings. The lowest BCUT2D eigenvalue weighted by molar-refractivity contribution is 0.288. The van der Waals surface area contributed by atoms with E-state index in [4.69, 9.17) is 0 Å². The summed E-state index contributed by atoms with van der Waals surface area (Å²) in [5.41, 5.74) is 3.04. The van der Waals surface area contributed by atoms with Gasteiger partial charge in [0.25, 0.3) is 0 Å². The van der Waals surface area contributed by atoms with Crippen molar-refractivity contribution in [1.82, 2.24) is 4.90 Å². The monoisotopic (exact) mass is 161 g/mol. The van der Waals surface area contributed by atoms with Gasteiger partial charge in [-0.1, -0.05) is 31.2 Å². The molecule has 0 radical (unpaired) electrons. The number of benzene rings is 1. The zero-order valence-corrected chi connectivity index (χ0v) is 7.75. The third kappa shape index (κ3) is 1.25. The molecule has 0 saturated carbocycles. The Morgan fingerprint density at radius 1 is 1.33 bits per heavy atom. The Morgan fingerprint density at radius 3 is 2.92 bits per heavy atom. The van der Waals surface area contributed by atoms with Crippen molar-refractivity contribution in [2.45, 2.75) is 19.4 Å². The van der Waals surface area contributed by atoms with Gasteiger partial charge in [-0.2, -0.15) is 0 Å². The predicted molar refractivity (Wildman–Crippen MR) is 51.2 cm³/mol. The fraction of sp³-hybridized carbons (Fsp3) is 0.455. The van der Waals surface area contributed by atoms with Crippen LogP contribution < -0.4 is 0 Å². The summed E-state index contributed by atoms with van der Waals surface area (Å²) >= 11 is 0. The molecule has 1 aliphatic heterocycles. The second-order valence-electron chi connectivity index (χ2n) is 3.80. The zero-order valence-electron chi connectivity index (χ0n) is 7.75. The summed E-state index contributed by atoms with van der Waals surface area (Å²) in [4.78, 5) is 2.38. The van der Waals surface area contributed by atoms with Crippen LogP contribution in [-0.4, -0.2) is 18.5 Å². The second kappa shape index (κ2) is 2.91. The molecule has 0 bridgehead atoms. The van der Waals surface area contributed by atoms with Crippen molar-refractivity contribution in [3.8, 4) is 0 Å². The summed E-state index contributed by atoms with van der Waals surface area (Å²) in [6, 6.07) is 8.76. The average molecular weight is 161 g/mol. The van der Waals surface area contributed by atoms with Gasteiger partial charge in [-0.25, -0.2) is 0 Å². The standard InChI is InChI=1S/C11H15N/c1-9-7-12(2)8-10-5-3-4-6-11(9)10/h3-6,9H,7-8H2,1-2H3/t9-/m0/s1. The highest BCUT2D eigenvalue weighted by atomic mass is 15.1. The van der Waals surface area contributed by atoms with Crippen LogP contribution in [0.3, 0.4) is 0 Å². The predicted octanol–water partition coefficient (Wildman–Crippen LogP) is 2.24. The molecule has 0 aromatic heterocycles. The summed E-state index contributed by atoms with van der Waals surface area (Å²) in [7, 11) is 2.19. The number of likely N-dealkylation sites (N-methyl/N-ethyl adjacent to an activating group) is 1. The Labute approximate surface area is 74.0 Å². The fourth-order valence-corrected chi connectivity index (χ4v) is 2.08. The van der Waals surface area contributed by atoms with Gasteiger partial charge in [0, 0.05) is 13.1 Å². The van der Waals surface area contributed by atoms with Crippen LogP contribution in [0.1, 0.15) is 24.0 Å². The molecule has 1 heteroatoms. The molecule has 1 aromatic rings. The molecule has 1 heterocycles. The van der Waals surface area contributed by atoms with E-state index in [1.165, 1.54) is 17.7 Å². The smallest absolute Gasteiger partial charge is 0.0233 e. The minimum atomic E-state index is 0.694. The van der Waals surface area contributed by atoms with Crippen LogP contribution in [0.4, 0.5) is 0 Å². The third-order valence-corrected chi connectivity index (χ3v) is 2.61. The maximum Gasteiger partial charge on any atom is 0.0233 e. The molecular formula is C11H15N. The first-order chi connectivity index (χ1) is 5.77. The van der Waals surface area contributed by atoms with E-state index in [1.54, 1.807) is 0 Å². The van der Waals surface area contributed by atoms with Crippen molar-refractivity contribution < 1.29 is 0 Å². The number of nitrogens with zero attached hydrogens (tertiary/aromatic N) is 1. The zero-order chi connectivity index (χ0) is 8.55. The van der Waals surface area contributed by atoms with Crippen molar-refractivity contribution in [2.75, 3.05) is 13.6 Å². The van der Waals surface area contributed by atoms with Crippen LogP contribution in [0.25, 0.3) is 0 Å². The Morgan fingerprint density at radius 2 is 2.08 bits per heavy atom. The average Bonchev–Trinajstić information content (AvgIpc) is 2.04. The lowest BCUT2D eigenvalue weighted by Crippen LogP contribution is -2.28. The van der Waals surface area contributed by atoms with Crippen molar-refractivity contribution in [3.05, 3.63) is 35.4 Å². The highest BCUT2D eigenvalue weighted by Crippen LogP contribution is 2.26. The Kier molecular flexibility index (Phi) is 1.89. The van der Waals surface area contributed by atoms with Crippen molar-refractivity contribution >= 4 is 0 Å². The van der Waals surface area contributed by atoms with Gasteiger partial charge < -0.3 is 4.90 Å². The van der Waals surface area contributed by atoms with Crippen LogP contribution >= 0.6 is 0 Å². The molecule has 2 rings (SSSR count). The van der Waals surface area contributed by atoms with Gasteiger partial charge in [0.2, 0.25) is 0 Å². The first kappa shape index (κ1) is 7.81. The second-order valence-corrected chi connectivity index (χ2v) is 3.80. The van der Waals surface area contributed by atoms with E-state index >= 15 is 0 Å². The Hall–Kier alpha value is -0.820. The molecule has 12 heavy (non-hydrogen) atoms. The van der Waals surface area contributed by atoms with E-state index in [-0.39, 0.29) is 0 Å². The van der Waals surface area contributed by atoms with Gasteiger partial charge in [0.1, 0.15) is 0 Å². The first-order valence-electron chi connectivity index (χ1n) is 4.53. The maximum absolute atomic E-state index is 2.38. The summed E-state index contributed by atoms with van der Waals surface area (Å²) in [5, 5.41) is 0. The van der Waals surface area contributed by atoms with Crippen molar-refractivity contribution in [1.29, 1.82) is 0 Å². The normalized spacial score (nSPS) is 23.7. The topological polar surface area (TPSA) is 3.24 Å². The fourth-order valence-electron chi connectivity index (χ4n) is 2.08. The van der Waals surface area contributed by atoms with Gasteiger partial charge in [0.05, 0.1) is 0 Å². The van der Waals surface area contributed by atoms with Crippen LogP contribution in [0.2, 0.25) is 0 Å². The highest BCUT2D eigenvalue weighted by molar-refractivity contribution is 5.32. The lowest BCUT2D eigenvalue weighted by Gasteiger charge is -2.29. The van der Waals surface area contributed by atoms with Gasteiger partial charge in [-0.15, -0.1) is 0 Å². The van der Waals surface area contributed by atoms with Crippen LogP contribution in [-0.2, 0) is 6.54 Å². The molecule has 0 aliphatic carbocycles. The summed E-state index contributed by atoms with van der Waals surface area (Å²) in [5.74, 6) is 0.694. The minimum absolute atomic E-state index is 0.694. The van der Waals surface area contributed by atoms with Gasteiger partial charge in [-0.3, -0.25) is 0 Å². The first-order valence-corrected chi connectivity index (χ1v) is 4.53. The van der Waals surface area contributed by atoms with Gasteiger partial charge >= 0.3 is 0 Å². The molecule has 64 valence electrons. The van der Waals surface area contributed by atoms with E-state index in [9.17, 15) is 0 Å². The summed E-state index contributed by atoms with van der Waals surface area (Å²) in [6.45, 7) is 4.60. The SMILES string of the molecule is C[C@H]1CN(C)Cc2ccccc21. The van der Waals surface area contributed by atoms with Crippen LogP contribution in [0, 0.1) is 0 Å². The third-order valence-electron chi connectivity index (χ3n) is 2.61. The van der Waals surface area contributed by atoms with E-state index < -0.39 is 0 Å².